The van der Waals surface area contributed by atoms with Crippen LogP contribution in [0, 0.1) is 0 Å². The fourth-order valence-electron chi connectivity index (χ4n) is 3.17. The Balaban J connectivity index is 1.53. The van der Waals surface area contributed by atoms with E-state index in [2.05, 4.69) is 15.8 Å². The van der Waals surface area contributed by atoms with Gasteiger partial charge in [0.25, 0.3) is 11.8 Å². The number of benzene rings is 2. The van der Waals surface area contributed by atoms with Gasteiger partial charge < -0.3 is 13.9 Å². The van der Waals surface area contributed by atoms with Crippen molar-refractivity contribution in [1.29, 1.82) is 0 Å². The third kappa shape index (κ3) is 5.10. The molecule has 0 aliphatic rings. The molecule has 0 spiro atoms. The summed E-state index contributed by atoms with van der Waals surface area (Å²) in [6.45, 7) is 3.80. The molecule has 0 saturated carbocycles. The summed E-state index contributed by atoms with van der Waals surface area (Å²) < 4.78 is 16.4. The molecule has 0 atom stereocenters. The molecule has 34 heavy (non-hydrogen) atoms. The maximum atomic E-state index is 13.0. The van der Waals surface area contributed by atoms with Crippen molar-refractivity contribution in [3.8, 4) is 33.5 Å². The highest BCUT2D eigenvalue weighted by molar-refractivity contribution is 7.17. The summed E-state index contributed by atoms with van der Waals surface area (Å²) in [5.41, 5.74) is 6.51. The number of furan rings is 1. The van der Waals surface area contributed by atoms with Crippen LogP contribution in [0.25, 0.3) is 22.0 Å². The van der Waals surface area contributed by atoms with Crippen molar-refractivity contribution in [2.75, 3.05) is 7.11 Å². The second kappa shape index (κ2) is 10.2. The van der Waals surface area contributed by atoms with Crippen LogP contribution in [0.3, 0.4) is 0 Å². The van der Waals surface area contributed by atoms with Gasteiger partial charge in [-0.15, -0.1) is 11.3 Å². The predicted molar refractivity (Wildman–Crippen MR) is 129 cm³/mol. The zero-order valence-corrected chi connectivity index (χ0v) is 19.6. The molecule has 9 heteroatoms. The highest BCUT2D eigenvalue weighted by atomic mass is 32.1. The standard InChI is InChI=1S/C25H23N3O5S/c1-15(2)33-18-12-11-17(14-20(18)31-3)23(29)27-28-24(30)22-21(16-8-5-4-6-9-16)26-25(34-22)19-10-7-13-32-19/h4-15H,1-3H3,(H,27,29)(H,28,30). The number of hydrogen-bond donors (Lipinski definition) is 2. The number of methoxy groups -OCH3 is 1. The zero-order chi connectivity index (χ0) is 24.1. The molecule has 4 aromatic rings. The van der Waals surface area contributed by atoms with Crippen molar-refractivity contribution >= 4 is 23.2 Å². The highest BCUT2D eigenvalue weighted by Crippen LogP contribution is 2.34. The van der Waals surface area contributed by atoms with Crippen molar-refractivity contribution in [3.05, 3.63) is 77.4 Å². The minimum Gasteiger partial charge on any atom is -0.493 e. The Morgan fingerprint density at radius 2 is 1.74 bits per heavy atom. The van der Waals surface area contributed by atoms with Crippen LogP contribution in [0.1, 0.15) is 33.9 Å². The smallest absolute Gasteiger partial charge is 0.282 e. The topological polar surface area (TPSA) is 103 Å². The molecular weight excluding hydrogens is 454 g/mol. The number of carbonyl (C=O) groups excluding carboxylic acids is 2. The van der Waals surface area contributed by atoms with E-state index in [1.807, 2.05) is 44.2 Å². The fraction of sp³-hybridized carbons (Fsp3) is 0.160. The Bertz CT molecular complexity index is 1280. The average Bonchev–Trinajstić information content (AvgIpc) is 3.53. The third-order valence-electron chi connectivity index (χ3n) is 4.69. The molecule has 2 heterocycles. The Morgan fingerprint density at radius 3 is 2.41 bits per heavy atom. The molecule has 0 radical (unpaired) electrons. The molecular formula is C25H23N3O5S. The van der Waals surface area contributed by atoms with Gasteiger partial charge in [0.1, 0.15) is 4.88 Å². The predicted octanol–water partition coefficient (Wildman–Crippen LogP) is 4.94. The van der Waals surface area contributed by atoms with Crippen LogP contribution < -0.4 is 20.3 Å². The number of nitrogens with zero attached hydrogens (tertiary/aromatic N) is 1. The van der Waals surface area contributed by atoms with Crippen LogP contribution in [0.2, 0.25) is 0 Å². The van der Waals surface area contributed by atoms with Crippen molar-refractivity contribution in [2.45, 2.75) is 20.0 Å². The SMILES string of the molecule is COc1cc(C(=O)NNC(=O)c2sc(-c3ccco3)nc2-c2ccccc2)ccc1OC(C)C. The number of ether oxygens (including phenoxy) is 2. The Morgan fingerprint density at radius 1 is 0.971 bits per heavy atom. The lowest BCUT2D eigenvalue weighted by atomic mass is 10.1. The van der Waals surface area contributed by atoms with Crippen LogP contribution >= 0.6 is 11.3 Å². The van der Waals surface area contributed by atoms with Gasteiger partial charge in [-0.2, -0.15) is 0 Å². The van der Waals surface area contributed by atoms with Crippen LogP contribution in [-0.2, 0) is 0 Å². The molecule has 0 aliphatic heterocycles. The second-order valence-electron chi connectivity index (χ2n) is 7.48. The lowest BCUT2D eigenvalue weighted by Crippen LogP contribution is -2.41. The van der Waals surface area contributed by atoms with Gasteiger partial charge in [0.15, 0.2) is 22.3 Å². The minimum absolute atomic E-state index is 0.0443. The van der Waals surface area contributed by atoms with Gasteiger partial charge in [0, 0.05) is 11.1 Å². The molecule has 2 amide bonds. The lowest BCUT2D eigenvalue weighted by Gasteiger charge is -2.14. The van der Waals surface area contributed by atoms with Crippen molar-refractivity contribution in [1.82, 2.24) is 15.8 Å². The third-order valence-corrected chi connectivity index (χ3v) is 5.76. The highest BCUT2D eigenvalue weighted by Gasteiger charge is 2.22. The lowest BCUT2D eigenvalue weighted by molar-refractivity contribution is 0.0849. The van der Waals surface area contributed by atoms with E-state index in [9.17, 15) is 9.59 Å². The van der Waals surface area contributed by atoms with Crippen LogP contribution in [0.5, 0.6) is 11.5 Å². The second-order valence-corrected chi connectivity index (χ2v) is 8.48. The number of thiazole rings is 1. The van der Waals surface area contributed by atoms with Gasteiger partial charge >= 0.3 is 0 Å². The number of carbonyl (C=O) groups is 2. The molecule has 0 bridgehead atoms. The monoisotopic (exact) mass is 477 g/mol. The minimum atomic E-state index is -0.500. The summed E-state index contributed by atoms with van der Waals surface area (Å²) in [6, 6.07) is 17.7. The molecule has 2 aromatic carbocycles. The van der Waals surface area contributed by atoms with E-state index in [0.29, 0.717) is 38.4 Å². The number of hydrazine groups is 1. The Kier molecular flexibility index (Phi) is 6.93. The van der Waals surface area contributed by atoms with E-state index in [-0.39, 0.29) is 6.10 Å². The molecule has 174 valence electrons. The molecule has 2 N–H and O–H groups in total. The quantitative estimate of drug-likeness (QED) is 0.366. The first kappa shape index (κ1) is 23.1. The number of amides is 2. The van der Waals surface area contributed by atoms with Gasteiger partial charge in [0.05, 0.1) is 25.2 Å². The summed E-state index contributed by atoms with van der Waals surface area (Å²) >= 11 is 1.18. The summed E-state index contributed by atoms with van der Waals surface area (Å²) in [6.07, 6.45) is 1.50. The summed E-state index contributed by atoms with van der Waals surface area (Å²) in [5.74, 6) is 0.514. The van der Waals surface area contributed by atoms with Crippen molar-refractivity contribution in [2.24, 2.45) is 0 Å². The van der Waals surface area contributed by atoms with Crippen LogP contribution in [0.4, 0.5) is 0 Å². The van der Waals surface area contributed by atoms with Crippen molar-refractivity contribution in [3.63, 3.8) is 0 Å². The van der Waals surface area contributed by atoms with E-state index >= 15 is 0 Å². The first-order valence-corrected chi connectivity index (χ1v) is 11.3. The van der Waals surface area contributed by atoms with E-state index in [4.69, 9.17) is 13.9 Å². The fourth-order valence-corrected chi connectivity index (χ4v) is 4.12. The van der Waals surface area contributed by atoms with Crippen LogP contribution in [-0.4, -0.2) is 30.0 Å². The van der Waals surface area contributed by atoms with Gasteiger partial charge in [-0.25, -0.2) is 4.98 Å². The molecule has 8 nitrogen and oxygen atoms in total. The summed E-state index contributed by atoms with van der Waals surface area (Å²) in [7, 11) is 1.50. The van der Waals surface area contributed by atoms with E-state index in [1.165, 1.54) is 18.4 Å². The van der Waals surface area contributed by atoms with Gasteiger partial charge in [-0.1, -0.05) is 30.3 Å². The van der Waals surface area contributed by atoms with E-state index < -0.39 is 11.8 Å². The van der Waals surface area contributed by atoms with Gasteiger partial charge in [0.2, 0.25) is 0 Å². The molecule has 0 saturated heterocycles. The Labute approximate surface area is 200 Å². The largest absolute Gasteiger partial charge is 0.493 e. The molecule has 4 rings (SSSR count). The number of rotatable bonds is 7. The molecule has 0 aliphatic carbocycles. The zero-order valence-electron chi connectivity index (χ0n) is 18.8. The summed E-state index contributed by atoms with van der Waals surface area (Å²) in [5, 5.41) is 0.561. The normalized spacial score (nSPS) is 10.7. The van der Waals surface area contributed by atoms with Gasteiger partial charge in [-0.3, -0.25) is 20.4 Å². The van der Waals surface area contributed by atoms with Crippen molar-refractivity contribution < 1.29 is 23.5 Å². The number of aromatic nitrogens is 1. The van der Waals surface area contributed by atoms with E-state index in [1.54, 1.807) is 36.6 Å². The van der Waals surface area contributed by atoms with E-state index in [0.717, 1.165) is 5.56 Å². The first-order chi connectivity index (χ1) is 16.5. The maximum Gasteiger partial charge on any atom is 0.282 e. The molecule has 0 unspecified atom stereocenters. The first-order valence-electron chi connectivity index (χ1n) is 10.5. The number of hydrogen-bond acceptors (Lipinski definition) is 7. The Hall–Kier alpha value is -4.11. The average molecular weight is 478 g/mol. The summed E-state index contributed by atoms with van der Waals surface area (Å²) in [4.78, 5) is 30.7. The molecule has 0 fully saturated rings. The van der Waals surface area contributed by atoms with Gasteiger partial charge in [-0.05, 0) is 44.2 Å². The maximum absolute atomic E-state index is 13.0. The number of nitrogens with one attached hydrogen (secondary N) is 2. The van der Waals surface area contributed by atoms with Crippen LogP contribution in [0.15, 0.2) is 71.3 Å². The molecule has 2 aromatic heterocycles.